The highest BCUT2D eigenvalue weighted by atomic mass is 16.6. The van der Waals surface area contributed by atoms with E-state index in [9.17, 15) is 4.79 Å². The van der Waals surface area contributed by atoms with Gasteiger partial charge in [-0.25, -0.2) is 0 Å². The maximum absolute atomic E-state index is 12.4. The van der Waals surface area contributed by atoms with Gasteiger partial charge in [-0.3, -0.25) is 4.79 Å². The molecule has 2 aromatic carbocycles. The summed E-state index contributed by atoms with van der Waals surface area (Å²) < 4.78 is 11.0. The van der Waals surface area contributed by atoms with E-state index in [0.717, 1.165) is 11.3 Å². The Kier molecular flexibility index (Phi) is 3.78. The van der Waals surface area contributed by atoms with Crippen LogP contribution in [0.2, 0.25) is 0 Å². The van der Waals surface area contributed by atoms with Gasteiger partial charge in [0.15, 0.2) is 11.5 Å². The zero-order chi connectivity index (χ0) is 16.4. The predicted octanol–water partition coefficient (Wildman–Crippen LogP) is 2.59. The van der Waals surface area contributed by atoms with Crippen LogP contribution in [0, 0.1) is 0 Å². The highest BCUT2D eigenvalue weighted by Gasteiger charge is 2.29. The first-order valence-electron chi connectivity index (χ1n) is 7.78. The zero-order valence-corrected chi connectivity index (χ0v) is 12.9. The second kappa shape index (κ2) is 6.23. The Hall–Kier alpha value is -3.02. The Morgan fingerprint density at radius 1 is 1.04 bits per heavy atom. The summed E-state index contributed by atoms with van der Waals surface area (Å²) in [7, 11) is 0. The summed E-state index contributed by atoms with van der Waals surface area (Å²) >= 11 is 0. The molecule has 0 saturated carbocycles. The van der Waals surface area contributed by atoms with Crippen molar-refractivity contribution in [1.82, 2.24) is 0 Å². The largest absolute Gasteiger partial charge is 0.486 e. The maximum Gasteiger partial charge on any atom is 0.268 e. The van der Waals surface area contributed by atoms with Gasteiger partial charge >= 0.3 is 0 Å². The van der Waals surface area contributed by atoms with Crippen LogP contribution in [-0.2, 0) is 9.63 Å². The van der Waals surface area contributed by atoms with E-state index in [1.807, 2.05) is 30.3 Å². The minimum atomic E-state index is -0.631. The first kappa shape index (κ1) is 14.6. The minimum Gasteiger partial charge on any atom is -0.486 e. The van der Waals surface area contributed by atoms with E-state index in [1.165, 1.54) is 0 Å². The van der Waals surface area contributed by atoms with Gasteiger partial charge in [-0.15, -0.1) is 0 Å². The van der Waals surface area contributed by atoms with Crippen LogP contribution in [0.1, 0.15) is 12.0 Å². The molecule has 4 rings (SSSR count). The zero-order valence-electron chi connectivity index (χ0n) is 12.9. The third-order valence-electron chi connectivity index (χ3n) is 3.88. The van der Waals surface area contributed by atoms with Gasteiger partial charge in [0.2, 0.25) is 6.10 Å². The minimum absolute atomic E-state index is 0.235. The van der Waals surface area contributed by atoms with Crippen molar-refractivity contribution in [2.45, 2.75) is 12.5 Å². The molecular weight excluding hydrogens is 308 g/mol. The molecule has 6 heteroatoms. The fraction of sp³-hybridized carbons (Fsp3) is 0.222. The highest BCUT2D eigenvalue weighted by Crippen LogP contribution is 2.32. The van der Waals surface area contributed by atoms with Gasteiger partial charge < -0.3 is 19.6 Å². The lowest BCUT2D eigenvalue weighted by atomic mass is 10.0. The number of ether oxygens (including phenoxy) is 2. The molecule has 6 nitrogen and oxygen atoms in total. The molecule has 0 aliphatic carbocycles. The summed E-state index contributed by atoms with van der Waals surface area (Å²) in [4.78, 5) is 17.7. The van der Waals surface area contributed by atoms with Gasteiger partial charge in [-0.05, 0) is 17.7 Å². The van der Waals surface area contributed by atoms with Gasteiger partial charge in [0.25, 0.3) is 5.91 Å². The number of rotatable bonds is 3. The third kappa shape index (κ3) is 2.90. The molecule has 0 fully saturated rings. The SMILES string of the molecule is O=C(Nc1ccc2c(c1)OCCO2)[C@H]1CC(c2ccccc2)=NO1. The average Bonchev–Trinajstić information content (AvgIpc) is 3.13. The lowest BCUT2D eigenvalue weighted by Gasteiger charge is -2.19. The maximum atomic E-state index is 12.4. The number of nitrogens with one attached hydrogen (secondary N) is 1. The van der Waals surface area contributed by atoms with Crippen LogP contribution in [0.15, 0.2) is 53.7 Å². The number of amides is 1. The smallest absolute Gasteiger partial charge is 0.268 e. The van der Waals surface area contributed by atoms with Crippen LogP contribution >= 0.6 is 0 Å². The number of hydrogen-bond donors (Lipinski definition) is 1. The van der Waals surface area contributed by atoms with Crippen molar-refractivity contribution in [2.75, 3.05) is 18.5 Å². The molecule has 0 unspecified atom stereocenters. The summed E-state index contributed by atoms with van der Waals surface area (Å²) in [6.45, 7) is 1.04. The lowest BCUT2D eigenvalue weighted by molar-refractivity contribution is -0.125. The van der Waals surface area contributed by atoms with Crippen molar-refractivity contribution >= 4 is 17.3 Å². The van der Waals surface area contributed by atoms with Gasteiger partial charge in [-0.2, -0.15) is 0 Å². The Labute approximate surface area is 139 Å². The molecule has 0 radical (unpaired) electrons. The van der Waals surface area contributed by atoms with Crippen molar-refractivity contribution in [3.63, 3.8) is 0 Å². The Balaban J connectivity index is 1.41. The van der Waals surface area contributed by atoms with E-state index in [1.54, 1.807) is 18.2 Å². The molecule has 2 aliphatic rings. The second-order valence-electron chi connectivity index (χ2n) is 5.55. The normalized spacial score (nSPS) is 18.5. The molecule has 0 saturated heterocycles. The fourth-order valence-electron chi connectivity index (χ4n) is 2.66. The van der Waals surface area contributed by atoms with Crippen LogP contribution in [0.3, 0.4) is 0 Å². The highest BCUT2D eigenvalue weighted by molar-refractivity contribution is 6.06. The fourth-order valence-corrected chi connectivity index (χ4v) is 2.66. The van der Waals surface area contributed by atoms with Crippen LogP contribution in [-0.4, -0.2) is 30.9 Å². The number of hydrogen-bond acceptors (Lipinski definition) is 5. The number of fused-ring (bicyclic) bond motifs is 1. The molecule has 24 heavy (non-hydrogen) atoms. The van der Waals surface area contributed by atoms with Crippen molar-refractivity contribution in [3.8, 4) is 11.5 Å². The monoisotopic (exact) mass is 324 g/mol. The van der Waals surface area contributed by atoms with Crippen LogP contribution in [0.4, 0.5) is 5.69 Å². The predicted molar refractivity (Wildman–Crippen MR) is 88.5 cm³/mol. The molecule has 0 spiro atoms. The molecule has 1 amide bonds. The number of benzene rings is 2. The van der Waals surface area contributed by atoms with E-state index in [4.69, 9.17) is 14.3 Å². The quantitative estimate of drug-likeness (QED) is 0.942. The van der Waals surface area contributed by atoms with Crippen LogP contribution in [0.5, 0.6) is 11.5 Å². The molecule has 0 aromatic heterocycles. The Bertz CT molecular complexity index is 789. The number of anilines is 1. The van der Waals surface area contributed by atoms with Gasteiger partial charge in [-0.1, -0.05) is 35.5 Å². The van der Waals surface area contributed by atoms with E-state index in [2.05, 4.69) is 10.5 Å². The number of carbonyl (C=O) groups excluding carboxylic acids is 1. The summed E-state index contributed by atoms with van der Waals surface area (Å²) in [6.07, 6.45) is -0.186. The molecule has 1 N–H and O–H groups in total. The van der Waals surface area contributed by atoms with Crippen molar-refractivity contribution in [3.05, 3.63) is 54.1 Å². The molecule has 1 atom stereocenters. The van der Waals surface area contributed by atoms with Crippen LogP contribution < -0.4 is 14.8 Å². The number of nitrogens with zero attached hydrogens (tertiary/aromatic N) is 1. The number of carbonyl (C=O) groups is 1. The Morgan fingerprint density at radius 2 is 1.83 bits per heavy atom. The van der Waals surface area contributed by atoms with Gasteiger partial charge in [0, 0.05) is 18.2 Å². The van der Waals surface area contributed by atoms with E-state index >= 15 is 0 Å². The molecule has 122 valence electrons. The first-order valence-corrected chi connectivity index (χ1v) is 7.78. The summed E-state index contributed by atoms with van der Waals surface area (Å²) in [5.74, 6) is 1.08. The molecule has 0 bridgehead atoms. The molecule has 2 heterocycles. The van der Waals surface area contributed by atoms with Crippen molar-refractivity contribution < 1.29 is 19.1 Å². The summed E-state index contributed by atoms with van der Waals surface area (Å²) in [5, 5.41) is 6.86. The molecular formula is C18H16N2O4. The standard InChI is InChI=1S/C18H16N2O4/c21-18(17-11-14(20-24-17)12-4-2-1-3-5-12)19-13-6-7-15-16(10-13)23-9-8-22-15/h1-7,10,17H,8-9,11H2,(H,19,21)/t17-/m1/s1. The van der Waals surface area contributed by atoms with Crippen LogP contribution in [0.25, 0.3) is 0 Å². The van der Waals surface area contributed by atoms with E-state index < -0.39 is 6.10 Å². The van der Waals surface area contributed by atoms with Crippen molar-refractivity contribution in [1.29, 1.82) is 0 Å². The van der Waals surface area contributed by atoms with Gasteiger partial charge in [0.1, 0.15) is 13.2 Å². The number of oxime groups is 1. The lowest BCUT2D eigenvalue weighted by Crippen LogP contribution is -2.28. The Morgan fingerprint density at radius 3 is 2.67 bits per heavy atom. The van der Waals surface area contributed by atoms with Crippen molar-refractivity contribution in [2.24, 2.45) is 5.16 Å². The molecule has 2 aromatic rings. The van der Waals surface area contributed by atoms with Gasteiger partial charge in [0.05, 0.1) is 5.71 Å². The second-order valence-corrected chi connectivity index (χ2v) is 5.55. The molecule has 2 aliphatic heterocycles. The van der Waals surface area contributed by atoms with E-state index in [-0.39, 0.29) is 5.91 Å². The summed E-state index contributed by atoms with van der Waals surface area (Å²) in [5.41, 5.74) is 2.38. The first-order chi connectivity index (χ1) is 11.8. The summed E-state index contributed by atoms with van der Waals surface area (Å²) in [6, 6.07) is 15.0. The average molecular weight is 324 g/mol. The van der Waals surface area contributed by atoms with E-state index in [0.29, 0.717) is 36.8 Å². The topological polar surface area (TPSA) is 69.2 Å². The third-order valence-corrected chi connectivity index (χ3v) is 3.88.